The fourth-order valence-corrected chi connectivity index (χ4v) is 3.03. The Kier molecular flexibility index (Phi) is 22.5. The van der Waals surface area contributed by atoms with Gasteiger partial charge in [0.05, 0.1) is 19.6 Å². The molecule has 0 aliphatic rings. The molecule has 0 aromatic carbocycles. The average Bonchev–Trinajstić information content (AvgIpc) is 2.58. The van der Waals surface area contributed by atoms with Crippen LogP contribution in [0.25, 0.3) is 0 Å². The Morgan fingerprint density at radius 3 is 1.65 bits per heavy atom. The van der Waals surface area contributed by atoms with Gasteiger partial charge in [0.25, 0.3) is 10.1 Å². The molecule has 0 bridgehead atoms. The van der Waals surface area contributed by atoms with E-state index in [9.17, 15) is 22.8 Å². The number of halogens is 1. The molecule has 0 aromatic rings. The van der Waals surface area contributed by atoms with Crippen molar-refractivity contribution in [2.75, 3.05) is 13.2 Å². The summed E-state index contributed by atoms with van der Waals surface area (Å²) in [5, 5.41) is 6.50. The maximum absolute atomic E-state index is 11.5. The van der Waals surface area contributed by atoms with E-state index >= 15 is 0 Å². The molecule has 0 fully saturated rings. The van der Waals surface area contributed by atoms with Gasteiger partial charge >= 0.3 is 77.0 Å². The van der Waals surface area contributed by atoms with Gasteiger partial charge in [-0.1, -0.05) is 54.5 Å². The van der Waals surface area contributed by atoms with Crippen LogP contribution < -0.4 is 59.1 Å². The summed E-state index contributed by atoms with van der Waals surface area (Å²) in [5.41, 5.74) is 0. The van der Waals surface area contributed by atoms with Crippen molar-refractivity contribution in [2.45, 2.75) is 81.2 Å². The molecule has 9 nitrogen and oxygen atoms in total. The molecule has 174 valence electrons. The number of unbranched alkanes of at least 4 members (excludes halogenated alkanes) is 7. The molecule has 0 rings (SSSR count). The van der Waals surface area contributed by atoms with Crippen LogP contribution in [-0.2, 0) is 34.0 Å². The van der Waals surface area contributed by atoms with Crippen LogP contribution in [0.3, 0.4) is 0 Å². The first-order chi connectivity index (χ1) is 13.4. The molecule has 1 unspecified atom stereocenters. The van der Waals surface area contributed by atoms with Gasteiger partial charge in [0, 0.05) is 0 Å². The Balaban J connectivity index is -0.000000653. The van der Waals surface area contributed by atoms with E-state index in [0.717, 1.165) is 44.9 Å². The first-order valence-corrected chi connectivity index (χ1v) is 11.9. The van der Waals surface area contributed by atoms with Gasteiger partial charge in [-0.15, -0.1) is 0 Å². The molecule has 31 heavy (non-hydrogen) atoms. The topological polar surface area (TPSA) is 144 Å². The zero-order valence-corrected chi connectivity index (χ0v) is 25.3. The number of carboxylic acid groups (broad SMARTS) is 1. The third-order valence-electron chi connectivity index (χ3n) is 4.01. The summed E-state index contributed by atoms with van der Waals surface area (Å²) in [4.78, 5) is 33.7. The maximum Gasteiger partial charge on any atom is 1.00 e. The van der Waals surface area contributed by atoms with Gasteiger partial charge in [0.1, 0.15) is 4.32 Å². The molecule has 13 heteroatoms. The molecule has 0 radical (unpaired) electrons. The average molecular weight is 551 g/mol. The minimum Gasteiger partial charge on any atom is -1.00 e. The van der Waals surface area contributed by atoms with Crippen molar-refractivity contribution in [1.29, 1.82) is 0 Å². The number of rotatable bonds is 16. The number of carboxylic acids is 1. The summed E-state index contributed by atoms with van der Waals surface area (Å²) in [7, 11) is -4.85. The van der Waals surface area contributed by atoms with Crippen LogP contribution in [0.2, 0.25) is 0 Å². The Morgan fingerprint density at radius 2 is 1.29 bits per heavy atom. The van der Waals surface area contributed by atoms with Gasteiger partial charge in [0.15, 0.2) is 5.25 Å². The van der Waals surface area contributed by atoms with Crippen molar-refractivity contribution >= 4 is 44.0 Å². The van der Waals surface area contributed by atoms with Crippen LogP contribution in [0.4, 0.5) is 0 Å². The number of alkyl halides is 1. The van der Waals surface area contributed by atoms with E-state index in [4.69, 9.17) is 19.1 Å². The predicted octanol–water partition coefficient (Wildman–Crippen LogP) is -2.67. The van der Waals surface area contributed by atoms with Gasteiger partial charge in [-0.05, 0) is 26.7 Å². The summed E-state index contributed by atoms with van der Waals surface area (Å²) in [6.07, 6.45) is 6.36. The van der Waals surface area contributed by atoms with Crippen molar-refractivity contribution in [2.24, 2.45) is 0 Å². The third kappa shape index (κ3) is 19.9. The fourth-order valence-electron chi connectivity index (χ4n) is 2.32. The summed E-state index contributed by atoms with van der Waals surface area (Å²) in [6.45, 7) is 3.97. The molecular formula is C18H33BrNa2O9S. The molecule has 0 amide bonds. The monoisotopic (exact) mass is 550 g/mol. The van der Waals surface area contributed by atoms with Crippen LogP contribution in [0.1, 0.15) is 74.5 Å². The number of esters is 2. The molecule has 0 aliphatic heterocycles. The second-order valence-corrected chi connectivity index (χ2v) is 10.8. The first kappa shape index (κ1) is 36.4. The minimum absolute atomic E-state index is 0. The first-order valence-electron chi connectivity index (χ1n) is 9.56. The Bertz CT molecular complexity index is 647. The largest absolute Gasteiger partial charge is 1.00 e. The molecule has 0 aliphatic carbocycles. The van der Waals surface area contributed by atoms with E-state index in [2.05, 4.69) is 15.9 Å². The minimum atomic E-state index is -4.85. The number of hydrogen-bond acceptors (Lipinski definition) is 7. The number of carbonyl (C=O) groups is 3. The summed E-state index contributed by atoms with van der Waals surface area (Å²) in [6, 6.07) is 0. The number of hydrogen-bond donors (Lipinski definition) is 2. The van der Waals surface area contributed by atoms with Crippen LogP contribution in [0.5, 0.6) is 0 Å². The van der Waals surface area contributed by atoms with E-state index in [0.29, 0.717) is 13.0 Å². The number of carbonyl (C=O) groups excluding carboxylic acids is 2. The number of aliphatic carboxylic acids is 1. The molecular weight excluding hydrogens is 518 g/mol. The van der Waals surface area contributed by atoms with Gasteiger partial charge < -0.3 is 17.4 Å². The van der Waals surface area contributed by atoms with Crippen LogP contribution >= 0.6 is 15.9 Å². The van der Waals surface area contributed by atoms with Crippen molar-refractivity contribution < 1.29 is 104 Å². The Labute approximate surface area is 240 Å². The number of ether oxygens (including phenoxy) is 2. The van der Waals surface area contributed by atoms with Crippen LogP contribution in [-0.4, -0.2) is 58.8 Å². The Morgan fingerprint density at radius 1 is 0.903 bits per heavy atom. The zero-order valence-electron chi connectivity index (χ0n) is 20.9. The summed E-state index contributed by atoms with van der Waals surface area (Å²) < 4.78 is 39.8. The van der Waals surface area contributed by atoms with Gasteiger partial charge in [-0.25, -0.2) is 0 Å². The maximum atomic E-state index is 11.5. The fraction of sp³-hybridized carbons (Fsp3) is 0.833. The quantitative estimate of drug-likeness (QED) is 0.0690. The van der Waals surface area contributed by atoms with Gasteiger partial charge in [-0.3, -0.25) is 18.9 Å². The normalized spacial score (nSPS) is 12.1. The van der Waals surface area contributed by atoms with E-state index < -0.39 is 38.1 Å². The SMILES string of the molecule is CC(C)(Br)C(=O)OCCCCCCCCCCOC(=O)CC(C(=O)O)S(=O)(=O)O.[H-].[H-].[Na+].[Na+]. The van der Waals surface area contributed by atoms with Crippen molar-refractivity contribution in [3.05, 3.63) is 0 Å². The molecule has 0 heterocycles. The summed E-state index contributed by atoms with van der Waals surface area (Å²) >= 11 is 3.24. The third-order valence-corrected chi connectivity index (χ3v) is 5.42. The van der Waals surface area contributed by atoms with E-state index in [1.54, 1.807) is 13.8 Å². The molecule has 0 aromatic heterocycles. The second kappa shape index (κ2) is 19.1. The van der Waals surface area contributed by atoms with E-state index in [1.165, 1.54) is 0 Å². The van der Waals surface area contributed by atoms with Crippen molar-refractivity contribution in [1.82, 2.24) is 0 Å². The molecule has 1 atom stereocenters. The Hall–Kier alpha value is 0.800. The molecule has 2 N–H and O–H groups in total. The molecule has 0 saturated carbocycles. The van der Waals surface area contributed by atoms with Gasteiger partial charge in [0.2, 0.25) is 0 Å². The van der Waals surface area contributed by atoms with Crippen molar-refractivity contribution in [3.63, 3.8) is 0 Å². The van der Waals surface area contributed by atoms with Crippen molar-refractivity contribution in [3.8, 4) is 0 Å². The zero-order chi connectivity index (χ0) is 22.5. The standard InChI is InChI=1S/C18H31BrO9S.2Na.2H/c1-18(2,19)17(23)28-12-10-8-6-4-3-5-7-9-11-27-15(20)13-14(16(21)22)29(24,25)26;;;;/h14H,3-13H2,1-2H3,(H,21,22)(H,24,25,26);;;;/q;2*+1;2*-1. The predicted molar refractivity (Wildman–Crippen MR) is 112 cm³/mol. The molecule has 0 spiro atoms. The second-order valence-electron chi connectivity index (χ2n) is 7.20. The van der Waals surface area contributed by atoms with Gasteiger partial charge in [-0.2, -0.15) is 8.42 Å². The van der Waals surface area contributed by atoms with Crippen LogP contribution in [0.15, 0.2) is 0 Å². The van der Waals surface area contributed by atoms with E-state index in [1.807, 2.05) is 0 Å². The van der Waals surface area contributed by atoms with Crippen LogP contribution in [0, 0.1) is 0 Å². The summed E-state index contributed by atoms with van der Waals surface area (Å²) in [5.74, 6) is -3.04. The van der Waals surface area contributed by atoms with E-state index in [-0.39, 0.29) is 74.5 Å². The molecule has 0 saturated heterocycles. The smallest absolute Gasteiger partial charge is 1.00 e.